The third kappa shape index (κ3) is 2.04. The van der Waals surface area contributed by atoms with Crippen molar-refractivity contribution in [2.45, 2.75) is 0 Å². The molecule has 2 aromatic carbocycles. The lowest BCUT2D eigenvalue weighted by Crippen LogP contribution is -2.07. The van der Waals surface area contributed by atoms with Gasteiger partial charge in [0, 0.05) is 28.2 Å². The number of aromatic nitrogens is 2. The van der Waals surface area contributed by atoms with Crippen molar-refractivity contribution in [1.29, 1.82) is 0 Å². The van der Waals surface area contributed by atoms with Crippen LogP contribution in [0.25, 0.3) is 32.9 Å². The lowest BCUT2D eigenvalue weighted by atomic mass is 10.00. The second-order valence-electron chi connectivity index (χ2n) is 5.60. The Morgan fingerprint density at radius 3 is 2.62 bits per heavy atom. The Bertz CT molecular complexity index is 1170. The molecular formula is C18H13N3O3. The van der Waals surface area contributed by atoms with Gasteiger partial charge in [-0.1, -0.05) is 18.2 Å². The van der Waals surface area contributed by atoms with Gasteiger partial charge in [-0.2, -0.15) is 0 Å². The monoisotopic (exact) mass is 319 g/mol. The molecule has 6 heteroatoms. The first-order valence-corrected chi connectivity index (χ1v) is 7.31. The van der Waals surface area contributed by atoms with Crippen LogP contribution < -0.4 is 11.3 Å². The number of aromatic carboxylic acids is 1. The largest absolute Gasteiger partial charge is 0.478 e. The Kier molecular flexibility index (Phi) is 2.93. The van der Waals surface area contributed by atoms with Gasteiger partial charge in [-0.15, -0.1) is 0 Å². The highest BCUT2D eigenvalue weighted by Crippen LogP contribution is 2.30. The van der Waals surface area contributed by atoms with E-state index in [1.54, 1.807) is 12.1 Å². The van der Waals surface area contributed by atoms with Crippen LogP contribution in [0.2, 0.25) is 0 Å². The SMILES string of the molecule is Nc1cccc(-c2ccc3[nH]c(=O)c4[nH]cc(C(=O)O)c4c3c2)c1. The summed E-state index contributed by atoms with van der Waals surface area (Å²) < 4.78 is 0. The summed E-state index contributed by atoms with van der Waals surface area (Å²) in [7, 11) is 0. The summed E-state index contributed by atoms with van der Waals surface area (Å²) >= 11 is 0. The smallest absolute Gasteiger partial charge is 0.337 e. The van der Waals surface area contributed by atoms with E-state index < -0.39 is 5.97 Å². The van der Waals surface area contributed by atoms with Gasteiger partial charge in [-0.25, -0.2) is 4.79 Å². The van der Waals surface area contributed by atoms with Crippen molar-refractivity contribution < 1.29 is 9.90 Å². The Morgan fingerprint density at radius 1 is 1.08 bits per heavy atom. The van der Waals surface area contributed by atoms with E-state index in [0.29, 0.717) is 22.0 Å². The number of pyridine rings is 1. The van der Waals surface area contributed by atoms with Gasteiger partial charge in [0.25, 0.3) is 5.56 Å². The molecule has 0 fully saturated rings. The quantitative estimate of drug-likeness (QED) is 0.425. The predicted molar refractivity (Wildman–Crippen MR) is 93.2 cm³/mol. The zero-order chi connectivity index (χ0) is 16.8. The van der Waals surface area contributed by atoms with Crippen LogP contribution in [-0.2, 0) is 0 Å². The molecule has 4 rings (SSSR count). The Balaban J connectivity index is 2.10. The summed E-state index contributed by atoms with van der Waals surface area (Å²) in [6.45, 7) is 0. The summed E-state index contributed by atoms with van der Waals surface area (Å²) in [6.07, 6.45) is 1.34. The van der Waals surface area contributed by atoms with Crippen LogP contribution in [0.3, 0.4) is 0 Å². The van der Waals surface area contributed by atoms with E-state index in [9.17, 15) is 14.7 Å². The molecule has 5 N–H and O–H groups in total. The highest BCUT2D eigenvalue weighted by molar-refractivity contribution is 6.15. The molecule has 0 aliphatic rings. The summed E-state index contributed by atoms with van der Waals surface area (Å²) in [5.74, 6) is -1.08. The first-order chi connectivity index (χ1) is 11.5. The fourth-order valence-electron chi connectivity index (χ4n) is 2.99. The molecule has 24 heavy (non-hydrogen) atoms. The maximum atomic E-state index is 12.1. The average molecular weight is 319 g/mol. The van der Waals surface area contributed by atoms with Crippen molar-refractivity contribution in [3.05, 3.63) is 64.6 Å². The number of carbonyl (C=O) groups is 1. The van der Waals surface area contributed by atoms with Crippen molar-refractivity contribution >= 4 is 33.5 Å². The number of anilines is 1. The minimum absolute atomic E-state index is 0.0748. The predicted octanol–water partition coefficient (Wildman–Crippen LogP) is 2.96. The number of rotatable bonds is 2. The molecule has 0 saturated heterocycles. The fraction of sp³-hybridized carbons (Fsp3) is 0. The van der Waals surface area contributed by atoms with Gasteiger partial charge >= 0.3 is 5.97 Å². The lowest BCUT2D eigenvalue weighted by molar-refractivity contribution is 0.0699. The molecule has 0 bridgehead atoms. The van der Waals surface area contributed by atoms with Crippen molar-refractivity contribution in [3.63, 3.8) is 0 Å². The molecule has 0 amide bonds. The van der Waals surface area contributed by atoms with Crippen LogP contribution in [-0.4, -0.2) is 21.0 Å². The highest BCUT2D eigenvalue weighted by atomic mass is 16.4. The Morgan fingerprint density at radius 2 is 1.88 bits per heavy atom. The molecule has 6 nitrogen and oxygen atoms in total. The van der Waals surface area contributed by atoms with Gasteiger partial charge in [0.2, 0.25) is 0 Å². The van der Waals surface area contributed by atoms with E-state index in [-0.39, 0.29) is 16.6 Å². The highest BCUT2D eigenvalue weighted by Gasteiger charge is 2.16. The minimum Gasteiger partial charge on any atom is -0.478 e. The third-order valence-corrected chi connectivity index (χ3v) is 4.09. The zero-order valence-corrected chi connectivity index (χ0v) is 12.5. The average Bonchev–Trinajstić information content (AvgIpc) is 3.01. The standard InChI is InChI=1S/C18H13N3O3/c19-11-3-1-2-9(6-11)10-4-5-14-12(7-10)15-13(18(23)24)8-20-16(15)17(22)21-14/h1-8,20H,19H2,(H,21,22)(H,23,24). The van der Waals surface area contributed by atoms with Crippen molar-refractivity contribution in [2.75, 3.05) is 5.73 Å². The second-order valence-corrected chi connectivity index (χ2v) is 5.60. The van der Waals surface area contributed by atoms with E-state index in [4.69, 9.17) is 5.73 Å². The minimum atomic E-state index is -1.08. The van der Waals surface area contributed by atoms with Gasteiger partial charge in [0.05, 0.1) is 5.56 Å². The number of benzene rings is 2. The molecule has 0 atom stereocenters. The molecule has 0 saturated carbocycles. The van der Waals surface area contributed by atoms with Gasteiger partial charge in [-0.3, -0.25) is 4.79 Å². The normalized spacial score (nSPS) is 11.2. The molecule has 0 spiro atoms. The van der Waals surface area contributed by atoms with E-state index in [1.165, 1.54) is 6.20 Å². The maximum Gasteiger partial charge on any atom is 0.337 e. The van der Waals surface area contributed by atoms with E-state index in [2.05, 4.69) is 9.97 Å². The third-order valence-electron chi connectivity index (χ3n) is 4.09. The summed E-state index contributed by atoms with van der Waals surface area (Å²) in [5.41, 5.74) is 8.86. The van der Waals surface area contributed by atoms with E-state index in [0.717, 1.165) is 11.1 Å². The molecular weight excluding hydrogens is 306 g/mol. The maximum absolute atomic E-state index is 12.1. The van der Waals surface area contributed by atoms with Crippen LogP contribution in [0.1, 0.15) is 10.4 Å². The summed E-state index contributed by atoms with van der Waals surface area (Å²) in [6, 6.07) is 12.9. The van der Waals surface area contributed by atoms with Crippen molar-refractivity contribution in [2.24, 2.45) is 0 Å². The number of nitrogens with two attached hydrogens (primary N) is 1. The molecule has 0 radical (unpaired) electrons. The van der Waals surface area contributed by atoms with E-state index >= 15 is 0 Å². The fourth-order valence-corrected chi connectivity index (χ4v) is 2.99. The van der Waals surface area contributed by atoms with Gasteiger partial charge in [0.15, 0.2) is 0 Å². The summed E-state index contributed by atoms with van der Waals surface area (Å²) in [4.78, 5) is 29.1. The number of carboxylic acids is 1. The van der Waals surface area contributed by atoms with Crippen molar-refractivity contribution in [1.82, 2.24) is 9.97 Å². The number of nitrogen functional groups attached to an aromatic ring is 1. The van der Waals surface area contributed by atoms with E-state index in [1.807, 2.05) is 30.3 Å². The Labute approximate surface area is 135 Å². The lowest BCUT2D eigenvalue weighted by Gasteiger charge is -2.07. The number of hydrogen-bond acceptors (Lipinski definition) is 3. The Hall–Kier alpha value is -3.54. The topological polar surface area (TPSA) is 112 Å². The number of fused-ring (bicyclic) bond motifs is 3. The number of H-pyrrole nitrogens is 2. The number of nitrogens with one attached hydrogen (secondary N) is 2. The van der Waals surface area contributed by atoms with Gasteiger partial charge in [0.1, 0.15) is 5.52 Å². The van der Waals surface area contributed by atoms with Crippen LogP contribution >= 0.6 is 0 Å². The first-order valence-electron chi connectivity index (χ1n) is 7.31. The van der Waals surface area contributed by atoms with Gasteiger partial charge < -0.3 is 20.8 Å². The van der Waals surface area contributed by atoms with Crippen molar-refractivity contribution in [3.8, 4) is 11.1 Å². The molecule has 0 unspecified atom stereocenters. The number of hydrogen-bond donors (Lipinski definition) is 4. The second kappa shape index (κ2) is 4.99. The first kappa shape index (κ1) is 14.1. The molecule has 0 aliphatic carbocycles. The number of aromatic amines is 2. The van der Waals surface area contributed by atoms with Crippen LogP contribution in [0.4, 0.5) is 5.69 Å². The molecule has 4 aromatic rings. The molecule has 118 valence electrons. The van der Waals surface area contributed by atoms with Crippen LogP contribution in [0, 0.1) is 0 Å². The molecule has 2 heterocycles. The van der Waals surface area contributed by atoms with Gasteiger partial charge in [-0.05, 0) is 35.4 Å². The number of carboxylic acid groups (broad SMARTS) is 1. The summed E-state index contributed by atoms with van der Waals surface area (Å²) in [5, 5.41) is 10.5. The zero-order valence-electron chi connectivity index (χ0n) is 12.5. The molecule has 2 aromatic heterocycles. The van der Waals surface area contributed by atoms with Crippen LogP contribution in [0.15, 0.2) is 53.5 Å². The molecule has 0 aliphatic heterocycles. The van der Waals surface area contributed by atoms with Crippen LogP contribution in [0.5, 0.6) is 0 Å².